The summed E-state index contributed by atoms with van der Waals surface area (Å²) in [4.78, 5) is 22.0. The molecule has 0 saturated heterocycles. The van der Waals surface area contributed by atoms with Crippen LogP contribution in [-0.4, -0.2) is 30.4 Å². The Morgan fingerprint density at radius 3 is 2.77 bits per heavy atom. The van der Waals surface area contributed by atoms with Crippen molar-refractivity contribution in [2.45, 2.75) is 20.0 Å². The largest absolute Gasteiger partial charge is 0.389 e. The van der Waals surface area contributed by atoms with Crippen molar-refractivity contribution in [3.8, 4) is 0 Å². The number of nitro groups is 1. The average molecular weight is 358 g/mol. The molecule has 0 aliphatic heterocycles. The molecule has 0 unspecified atom stereocenters. The lowest BCUT2D eigenvalue weighted by atomic mass is 10.2. The maximum atomic E-state index is 13.8. The summed E-state index contributed by atoms with van der Waals surface area (Å²) in [5.74, 6) is -0.778. The molecule has 10 heteroatoms. The zero-order chi connectivity index (χ0) is 18.7. The van der Waals surface area contributed by atoms with E-state index in [1.165, 1.54) is 18.3 Å². The molecule has 9 nitrogen and oxygen atoms in total. The van der Waals surface area contributed by atoms with Gasteiger partial charge in [-0.1, -0.05) is 18.2 Å². The lowest BCUT2D eigenvalue weighted by Gasteiger charge is -2.05. The number of rotatable bonds is 6. The highest BCUT2D eigenvalue weighted by Gasteiger charge is 2.15. The molecule has 0 aliphatic carbocycles. The Bertz CT molecular complexity index is 965. The van der Waals surface area contributed by atoms with Gasteiger partial charge in [0.2, 0.25) is 5.91 Å². The van der Waals surface area contributed by atoms with Gasteiger partial charge in [-0.2, -0.15) is 9.78 Å². The highest BCUT2D eigenvalue weighted by Crippen LogP contribution is 2.14. The first-order valence-corrected chi connectivity index (χ1v) is 7.68. The van der Waals surface area contributed by atoms with Gasteiger partial charge >= 0.3 is 5.82 Å². The van der Waals surface area contributed by atoms with Crippen LogP contribution >= 0.6 is 0 Å². The van der Waals surface area contributed by atoms with Crippen molar-refractivity contribution < 1.29 is 14.1 Å². The van der Waals surface area contributed by atoms with Crippen LogP contribution in [0.25, 0.3) is 0 Å². The maximum Gasteiger partial charge on any atom is 0.389 e. The number of halogens is 1. The van der Waals surface area contributed by atoms with Crippen LogP contribution in [0, 0.1) is 22.9 Å². The minimum atomic E-state index is -0.637. The second kappa shape index (κ2) is 7.13. The SMILES string of the molecule is Cc1cc(NC(=O)Cn2ccc([N+](=O)[O-])n2)nn1Cc1ccccc1F. The Morgan fingerprint density at radius 1 is 1.31 bits per heavy atom. The van der Waals surface area contributed by atoms with Gasteiger partial charge in [-0.15, -0.1) is 0 Å². The first-order chi connectivity index (χ1) is 12.4. The smallest absolute Gasteiger partial charge is 0.358 e. The third-order valence-electron chi connectivity index (χ3n) is 3.65. The van der Waals surface area contributed by atoms with Gasteiger partial charge in [0.05, 0.1) is 23.9 Å². The molecule has 26 heavy (non-hydrogen) atoms. The molecular formula is C16H15FN6O3. The van der Waals surface area contributed by atoms with E-state index in [9.17, 15) is 19.3 Å². The Morgan fingerprint density at radius 2 is 2.08 bits per heavy atom. The van der Waals surface area contributed by atoms with Crippen molar-refractivity contribution in [2.24, 2.45) is 0 Å². The normalized spacial score (nSPS) is 10.7. The number of aryl methyl sites for hydroxylation is 1. The van der Waals surface area contributed by atoms with Gasteiger partial charge in [-0.25, -0.2) is 4.39 Å². The highest BCUT2D eigenvalue weighted by molar-refractivity contribution is 5.89. The van der Waals surface area contributed by atoms with Gasteiger partial charge in [0.25, 0.3) is 0 Å². The fraction of sp³-hybridized carbons (Fsp3) is 0.188. The number of nitrogens with one attached hydrogen (secondary N) is 1. The molecule has 2 heterocycles. The Balaban J connectivity index is 1.65. The van der Waals surface area contributed by atoms with Crippen molar-refractivity contribution in [1.29, 1.82) is 0 Å². The summed E-state index contributed by atoms with van der Waals surface area (Å²) in [6, 6.07) is 9.26. The molecule has 0 radical (unpaired) electrons. The van der Waals surface area contributed by atoms with Crippen molar-refractivity contribution in [3.63, 3.8) is 0 Å². The molecule has 0 aliphatic rings. The van der Waals surface area contributed by atoms with E-state index in [2.05, 4.69) is 15.5 Å². The van der Waals surface area contributed by atoms with Gasteiger partial charge in [-0.3, -0.25) is 9.48 Å². The second-order valence-corrected chi connectivity index (χ2v) is 5.60. The zero-order valence-electron chi connectivity index (χ0n) is 13.8. The number of carbonyl (C=O) groups excluding carboxylic acids is 1. The Kier molecular flexibility index (Phi) is 4.74. The standard InChI is InChI=1S/C16H15FN6O3/c1-11-8-14(19-22(11)9-12-4-2-3-5-13(12)17)18-16(24)10-21-7-6-15(20-21)23(25)26/h2-8H,9-10H2,1H3,(H,18,19,24). The van der Waals surface area contributed by atoms with E-state index in [-0.39, 0.29) is 24.7 Å². The van der Waals surface area contributed by atoms with Gasteiger partial charge < -0.3 is 15.4 Å². The number of benzene rings is 1. The fourth-order valence-electron chi connectivity index (χ4n) is 2.39. The van der Waals surface area contributed by atoms with Crippen LogP contribution in [0.3, 0.4) is 0 Å². The molecule has 3 rings (SSSR count). The Labute approximate surface area is 147 Å². The number of anilines is 1. The van der Waals surface area contributed by atoms with Crippen LogP contribution in [-0.2, 0) is 17.9 Å². The third-order valence-corrected chi connectivity index (χ3v) is 3.65. The van der Waals surface area contributed by atoms with Gasteiger partial charge in [-0.05, 0) is 17.9 Å². The van der Waals surface area contributed by atoms with E-state index in [1.54, 1.807) is 35.9 Å². The third kappa shape index (κ3) is 3.91. The number of amides is 1. The summed E-state index contributed by atoms with van der Waals surface area (Å²) in [5, 5.41) is 21.1. The molecule has 134 valence electrons. The molecule has 0 bridgehead atoms. The van der Waals surface area contributed by atoms with Gasteiger partial charge in [0.1, 0.15) is 12.4 Å². The predicted molar refractivity (Wildman–Crippen MR) is 90.0 cm³/mol. The molecule has 3 aromatic rings. The quantitative estimate of drug-likeness (QED) is 0.536. The molecule has 2 aromatic heterocycles. The van der Waals surface area contributed by atoms with Crippen LogP contribution in [0.2, 0.25) is 0 Å². The summed E-state index contributed by atoms with van der Waals surface area (Å²) in [5.41, 5.74) is 1.23. The maximum absolute atomic E-state index is 13.8. The molecule has 1 aromatic carbocycles. The van der Waals surface area contributed by atoms with Crippen molar-refractivity contribution >= 4 is 17.5 Å². The van der Waals surface area contributed by atoms with Crippen LogP contribution in [0.15, 0.2) is 42.6 Å². The van der Waals surface area contributed by atoms with Crippen molar-refractivity contribution in [2.75, 3.05) is 5.32 Å². The van der Waals surface area contributed by atoms with Crippen LogP contribution in [0.4, 0.5) is 16.0 Å². The van der Waals surface area contributed by atoms with E-state index >= 15 is 0 Å². The van der Waals surface area contributed by atoms with Gasteiger partial charge in [0, 0.05) is 17.3 Å². The number of aromatic nitrogens is 4. The minimum Gasteiger partial charge on any atom is -0.358 e. The summed E-state index contributed by atoms with van der Waals surface area (Å²) in [6.07, 6.45) is 1.35. The van der Waals surface area contributed by atoms with Crippen molar-refractivity contribution in [1.82, 2.24) is 19.6 Å². The lowest BCUT2D eigenvalue weighted by Crippen LogP contribution is -2.19. The van der Waals surface area contributed by atoms with E-state index in [1.807, 2.05) is 0 Å². The molecule has 0 saturated carbocycles. The minimum absolute atomic E-state index is 0.187. The average Bonchev–Trinajstić information content (AvgIpc) is 3.17. The summed E-state index contributed by atoms with van der Waals surface area (Å²) in [7, 11) is 0. The Hall–Kier alpha value is -3.56. The lowest BCUT2D eigenvalue weighted by molar-refractivity contribution is -0.389. The summed E-state index contributed by atoms with van der Waals surface area (Å²) < 4.78 is 16.5. The molecule has 0 spiro atoms. The first-order valence-electron chi connectivity index (χ1n) is 7.68. The van der Waals surface area contributed by atoms with Crippen LogP contribution in [0.1, 0.15) is 11.3 Å². The van der Waals surface area contributed by atoms with E-state index in [4.69, 9.17) is 0 Å². The zero-order valence-corrected chi connectivity index (χ0v) is 13.8. The van der Waals surface area contributed by atoms with Gasteiger partial charge in [0.15, 0.2) is 5.82 Å². The number of hydrogen-bond acceptors (Lipinski definition) is 5. The molecule has 1 amide bonds. The fourth-order valence-corrected chi connectivity index (χ4v) is 2.39. The number of nitrogens with zero attached hydrogens (tertiary/aromatic N) is 5. The summed E-state index contributed by atoms with van der Waals surface area (Å²) in [6.45, 7) is 1.84. The van der Waals surface area contributed by atoms with Crippen LogP contribution < -0.4 is 5.32 Å². The highest BCUT2D eigenvalue weighted by atomic mass is 19.1. The monoisotopic (exact) mass is 358 g/mol. The molecule has 0 atom stereocenters. The topological polar surface area (TPSA) is 108 Å². The van der Waals surface area contributed by atoms with E-state index in [0.29, 0.717) is 11.4 Å². The van der Waals surface area contributed by atoms with Crippen LogP contribution in [0.5, 0.6) is 0 Å². The summed E-state index contributed by atoms with van der Waals surface area (Å²) >= 11 is 0. The predicted octanol–water partition coefficient (Wildman–Crippen LogP) is 2.12. The molecule has 0 fully saturated rings. The first kappa shape index (κ1) is 17.3. The number of carbonyl (C=O) groups is 1. The number of hydrogen-bond donors (Lipinski definition) is 1. The molecule has 1 N–H and O–H groups in total. The van der Waals surface area contributed by atoms with E-state index < -0.39 is 10.8 Å². The second-order valence-electron chi connectivity index (χ2n) is 5.60. The molecular weight excluding hydrogens is 343 g/mol. The van der Waals surface area contributed by atoms with E-state index in [0.717, 1.165) is 10.4 Å². The van der Waals surface area contributed by atoms with Crippen molar-refractivity contribution in [3.05, 3.63) is 69.8 Å².